The number of hydrogen-bond acceptors (Lipinski definition) is 6. The molecule has 0 unspecified atom stereocenters. The topological polar surface area (TPSA) is 63.3 Å². The summed E-state index contributed by atoms with van der Waals surface area (Å²) in [5.41, 5.74) is 3.00. The fraction of sp³-hybridized carbons (Fsp3) is 0.458. The van der Waals surface area contributed by atoms with Gasteiger partial charge in [-0.3, -0.25) is 9.69 Å². The van der Waals surface area contributed by atoms with Crippen LogP contribution in [-0.2, 0) is 16.1 Å². The van der Waals surface area contributed by atoms with Crippen molar-refractivity contribution in [1.29, 1.82) is 0 Å². The third kappa shape index (κ3) is 5.68. The van der Waals surface area contributed by atoms with Crippen LogP contribution in [0.5, 0.6) is 11.5 Å². The van der Waals surface area contributed by atoms with E-state index in [1.54, 1.807) is 14.2 Å². The number of anilines is 2. The third-order valence-electron chi connectivity index (χ3n) is 5.80. The van der Waals surface area contributed by atoms with Crippen LogP contribution < -0.4 is 19.7 Å². The number of methoxy groups -OCH3 is 2. The largest absolute Gasteiger partial charge is 0.497 e. The second-order valence-corrected chi connectivity index (χ2v) is 8.01. The maximum atomic E-state index is 12.8. The zero-order valence-electron chi connectivity index (χ0n) is 18.3. The zero-order chi connectivity index (χ0) is 21.6. The molecule has 1 amide bonds. The molecule has 0 spiro atoms. The molecular weight excluding hydrogens is 394 g/mol. The number of nitrogens with zero attached hydrogens (tertiary/aromatic N) is 2. The van der Waals surface area contributed by atoms with Crippen molar-refractivity contribution >= 4 is 17.3 Å². The van der Waals surface area contributed by atoms with Crippen LogP contribution >= 0.6 is 0 Å². The van der Waals surface area contributed by atoms with E-state index in [9.17, 15) is 4.79 Å². The van der Waals surface area contributed by atoms with Crippen LogP contribution in [0.2, 0.25) is 0 Å². The van der Waals surface area contributed by atoms with Gasteiger partial charge in [0.25, 0.3) is 0 Å². The number of rotatable bonds is 9. The van der Waals surface area contributed by atoms with Gasteiger partial charge in [0.2, 0.25) is 5.91 Å². The lowest BCUT2D eigenvalue weighted by Gasteiger charge is -2.29. The quantitative estimate of drug-likeness (QED) is 0.666. The number of carbonyl (C=O) groups excluding carboxylic acids is 1. The molecule has 4 rings (SSSR count). The van der Waals surface area contributed by atoms with Crippen molar-refractivity contribution in [3.8, 4) is 11.5 Å². The standard InChI is InChI=1S/C24H31N3O4/c1-29-22-9-10-23(30-2)18(15-22)16-27(21-7-8-21)17-24(28)25-19-3-5-20(6-4-19)26-11-13-31-14-12-26/h3-6,9-10,15,21H,7-8,11-14,16-17H2,1-2H3,(H,25,28). The van der Waals surface area contributed by atoms with Gasteiger partial charge in [-0.1, -0.05) is 0 Å². The van der Waals surface area contributed by atoms with Crippen LogP contribution in [0, 0.1) is 0 Å². The first kappa shape index (κ1) is 21.5. The fourth-order valence-electron chi connectivity index (χ4n) is 3.94. The van der Waals surface area contributed by atoms with Crippen molar-refractivity contribution in [1.82, 2.24) is 4.90 Å². The van der Waals surface area contributed by atoms with Crippen molar-refractivity contribution in [2.24, 2.45) is 0 Å². The van der Waals surface area contributed by atoms with Gasteiger partial charge in [-0.15, -0.1) is 0 Å². The number of nitrogens with one attached hydrogen (secondary N) is 1. The van der Waals surface area contributed by atoms with Crippen molar-refractivity contribution in [3.63, 3.8) is 0 Å². The molecule has 0 aromatic heterocycles. The Morgan fingerprint density at radius 2 is 1.84 bits per heavy atom. The Kier molecular flexibility index (Phi) is 6.94. The van der Waals surface area contributed by atoms with Crippen LogP contribution in [-0.4, -0.2) is 63.9 Å². The molecule has 1 aliphatic heterocycles. The lowest BCUT2D eigenvalue weighted by molar-refractivity contribution is -0.117. The zero-order valence-corrected chi connectivity index (χ0v) is 18.3. The molecule has 31 heavy (non-hydrogen) atoms. The molecule has 0 atom stereocenters. The highest BCUT2D eigenvalue weighted by Crippen LogP contribution is 2.32. The number of benzene rings is 2. The number of hydrogen-bond donors (Lipinski definition) is 1. The van der Waals surface area contributed by atoms with Crippen molar-refractivity contribution in [2.45, 2.75) is 25.4 Å². The first-order valence-corrected chi connectivity index (χ1v) is 10.8. The Balaban J connectivity index is 1.37. The van der Waals surface area contributed by atoms with Gasteiger partial charge in [0, 0.05) is 42.6 Å². The van der Waals surface area contributed by atoms with E-state index in [0.29, 0.717) is 19.1 Å². The predicted molar refractivity (Wildman–Crippen MR) is 121 cm³/mol. The normalized spacial score (nSPS) is 16.3. The third-order valence-corrected chi connectivity index (χ3v) is 5.80. The van der Waals surface area contributed by atoms with E-state index in [-0.39, 0.29) is 5.91 Å². The molecule has 1 aliphatic carbocycles. The van der Waals surface area contributed by atoms with Crippen molar-refractivity contribution in [3.05, 3.63) is 48.0 Å². The van der Waals surface area contributed by atoms with Gasteiger partial charge in [-0.25, -0.2) is 0 Å². The molecule has 1 saturated heterocycles. The van der Waals surface area contributed by atoms with E-state index in [2.05, 4.69) is 27.2 Å². The minimum absolute atomic E-state index is 0.00659. The summed E-state index contributed by atoms with van der Waals surface area (Å²) in [4.78, 5) is 17.3. The highest BCUT2D eigenvalue weighted by atomic mass is 16.5. The smallest absolute Gasteiger partial charge is 0.238 e. The highest BCUT2D eigenvalue weighted by Gasteiger charge is 2.31. The molecule has 7 heteroatoms. The SMILES string of the molecule is COc1ccc(OC)c(CN(CC(=O)Nc2ccc(N3CCOCC3)cc2)C2CC2)c1. The van der Waals surface area contributed by atoms with Crippen LogP contribution in [0.4, 0.5) is 11.4 Å². The number of ether oxygens (including phenoxy) is 3. The first-order valence-electron chi connectivity index (χ1n) is 10.8. The van der Waals surface area contributed by atoms with Gasteiger partial charge in [-0.05, 0) is 55.3 Å². The Labute approximate surface area is 183 Å². The molecule has 1 saturated carbocycles. The molecule has 2 aromatic carbocycles. The van der Waals surface area contributed by atoms with E-state index in [0.717, 1.165) is 67.6 Å². The Morgan fingerprint density at radius 3 is 2.48 bits per heavy atom. The molecule has 0 radical (unpaired) electrons. The van der Waals surface area contributed by atoms with Gasteiger partial charge in [0.1, 0.15) is 11.5 Å². The van der Waals surface area contributed by atoms with Gasteiger partial charge in [-0.2, -0.15) is 0 Å². The molecule has 2 aromatic rings. The molecular formula is C24H31N3O4. The predicted octanol–water partition coefficient (Wildman–Crippen LogP) is 3.14. The van der Waals surface area contributed by atoms with Gasteiger partial charge < -0.3 is 24.4 Å². The van der Waals surface area contributed by atoms with E-state index in [1.165, 1.54) is 0 Å². The first-order chi connectivity index (χ1) is 15.2. The Hall–Kier alpha value is -2.77. The average Bonchev–Trinajstić information content (AvgIpc) is 3.65. The van der Waals surface area contributed by atoms with E-state index in [4.69, 9.17) is 14.2 Å². The summed E-state index contributed by atoms with van der Waals surface area (Å²) in [6.45, 7) is 4.30. The molecule has 0 bridgehead atoms. The van der Waals surface area contributed by atoms with Gasteiger partial charge >= 0.3 is 0 Å². The molecule has 1 N–H and O–H groups in total. The lowest BCUT2D eigenvalue weighted by atomic mass is 10.1. The summed E-state index contributed by atoms with van der Waals surface area (Å²) in [6.07, 6.45) is 2.24. The van der Waals surface area contributed by atoms with Crippen LogP contribution in [0.1, 0.15) is 18.4 Å². The maximum Gasteiger partial charge on any atom is 0.238 e. The van der Waals surface area contributed by atoms with Crippen LogP contribution in [0.25, 0.3) is 0 Å². The Morgan fingerprint density at radius 1 is 1.10 bits per heavy atom. The Bertz CT molecular complexity index is 877. The summed E-state index contributed by atoms with van der Waals surface area (Å²) in [6, 6.07) is 14.3. The van der Waals surface area contributed by atoms with E-state index in [1.807, 2.05) is 30.3 Å². The van der Waals surface area contributed by atoms with Crippen LogP contribution in [0.15, 0.2) is 42.5 Å². The second kappa shape index (κ2) is 10.0. The van der Waals surface area contributed by atoms with E-state index >= 15 is 0 Å². The van der Waals surface area contributed by atoms with Crippen LogP contribution in [0.3, 0.4) is 0 Å². The van der Waals surface area contributed by atoms with Gasteiger partial charge in [0.15, 0.2) is 0 Å². The maximum absolute atomic E-state index is 12.8. The van der Waals surface area contributed by atoms with E-state index < -0.39 is 0 Å². The minimum Gasteiger partial charge on any atom is -0.497 e. The molecule has 166 valence electrons. The fourth-order valence-corrected chi connectivity index (χ4v) is 3.94. The second-order valence-electron chi connectivity index (χ2n) is 8.01. The lowest BCUT2D eigenvalue weighted by Crippen LogP contribution is -2.36. The summed E-state index contributed by atoms with van der Waals surface area (Å²) >= 11 is 0. The number of amides is 1. The molecule has 1 heterocycles. The monoisotopic (exact) mass is 425 g/mol. The summed E-state index contributed by atoms with van der Waals surface area (Å²) in [5, 5.41) is 3.04. The molecule has 7 nitrogen and oxygen atoms in total. The van der Waals surface area contributed by atoms with Crippen molar-refractivity contribution < 1.29 is 19.0 Å². The highest BCUT2D eigenvalue weighted by molar-refractivity contribution is 5.92. The molecule has 2 fully saturated rings. The minimum atomic E-state index is -0.00659. The van der Waals surface area contributed by atoms with Gasteiger partial charge in [0.05, 0.1) is 34.0 Å². The summed E-state index contributed by atoms with van der Waals surface area (Å²) < 4.78 is 16.3. The number of morpholine rings is 1. The summed E-state index contributed by atoms with van der Waals surface area (Å²) in [7, 11) is 3.32. The summed E-state index contributed by atoms with van der Waals surface area (Å²) in [5.74, 6) is 1.59. The van der Waals surface area contributed by atoms with Crippen molar-refractivity contribution in [2.75, 3.05) is 57.3 Å². The molecule has 2 aliphatic rings. The average molecular weight is 426 g/mol. The number of carbonyl (C=O) groups is 1.